The third-order valence-corrected chi connectivity index (χ3v) is 7.61. The second-order valence-corrected chi connectivity index (χ2v) is 11.0. The van der Waals surface area contributed by atoms with Gasteiger partial charge in [-0.2, -0.15) is 5.10 Å². The highest BCUT2D eigenvalue weighted by molar-refractivity contribution is 9.11. The van der Waals surface area contributed by atoms with Gasteiger partial charge in [0.1, 0.15) is 0 Å². The highest BCUT2D eigenvalue weighted by Gasteiger charge is 2.24. The average molecular weight is 503 g/mol. The van der Waals surface area contributed by atoms with Gasteiger partial charge in [0.25, 0.3) is 5.91 Å². The van der Waals surface area contributed by atoms with Crippen molar-refractivity contribution in [1.29, 1.82) is 0 Å². The Balaban J connectivity index is 1.72. The van der Waals surface area contributed by atoms with E-state index >= 15 is 0 Å². The number of hydrogen-bond donors (Lipinski definition) is 0. The summed E-state index contributed by atoms with van der Waals surface area (Å²) in [6.45, 7) is 9.48. The van der Waals surface area contributed by atoms with Gasteiger partial charge < -0.3 is 0 Å². The number of hydrogen-bond acceptors (Lipinski definition) is 5. The van der Waals surface area contributed by atoms with Gasteiger partial charge in [-0.05, 0) is 65.5 Å². The van der Waals surface area contributed by atoms with Crippen LogP contribution in [0.3, 0.4) is 0 Å². The molecular weight excluding hydrogens is 480 g/mol. The van der Waals surface area contributed by atoms with Crippen molar-refractivity contribution < 1.29 is 4.79 Å². The second kappa shape index (κ2) is 8.61. The Labute approximate surface area is 192 Å². The fraction of sp³-hybridized carbons (Fsp3) is 0.318. The number of aromatic nitrogens is 3. The molecule has 0 atom stereocenters. The second-order valence-electron chi connectivity index (χ2n) is 7.56. The average Bonchev–Trinajstić information content (AvgIpc) is 3.39. The van der Waals surface area contributed by atoms with E-state index in [1.807, 2.05) is 30.7 Å². The molecule has 0 saturated carbocycles. The Morgan fingerprint density at radius 2 is 2.00 bits per heavy atom. The first-order chi connectivity index (χ1) is 14.3. The van der Waals surface area contributed by atoms with E-state index in [0.29, 0.717) is 23.9 Å². The third-order valence-electron chi connectivity index (χ3n) is 4.96. The van der Waals surface area contributed by atoms with Crippen LogP contribution in [0.15, 0.2) is 40.2 Å². The number of carbonyl (C=O) groups excluding carboxylic acids is 1. The minimum absolute atomic E-state index is 0.0302. The maximum absolute atomic E-state index is 13.4. The van der Waals surface area contributed by atoms with Crippen molar-refractivity contribution in [3.8, 4) is 0 Å². The topological polar surface area (TPSA) is 51.0 Å². The fourth-order valence-electron chi connectivity index (χ4n) is 3.48. The van der Waals surface area contributed by atoms with Crippen molar-refractivity contribution in [2.45, 2.75) is 40.2 Å². The van der Waals surface area contributed by atoms with Crippen LogP contribution in [0, 0.1) is 13.8 Å². The number of fused-ring (bicyclic) bond motifs is 1. The molecule has 0 aliphatic carbocycles. The van der Waals surface area contributed by atoms with Crippen LogP contribution in [-0.4, -0.2) is 27.2 Å². The van der Waals surface area contributed by atoms with Gasteiger partial charge >= 0.3 is 0 Å². The lowest BCUT2D eigenvalue weighted by molar-refractivity contribution is 0.0989. The number of benzene rings is 1. The quantitative estimate of drug-likeness (QED) is 0.306. The Hall–Kier alpha value is -2.03. The van der Waals surface area contributed by atoms with Crippen molar-refractivity contribution in [2.75, 3.05) is 11.4 Å². The number of halogens is 1. The molecule has 0 fully saturated rings. The number of para-hydroxylation sites is 1. The zero-order valence-corrected chi connectivity index (χ0v) is 20.6. The Bertz CT molecular complexity index is 1210. The van der Waals surface area contributed by atoms with E-state index in [-0.39, 0.29) is 5.91 Å². The lowest BCUT2D eigenvalue weighted by atomic mass is 10.0. The molecule has 0 N–H and O–H groups in total. The summed E-state index contributed by atoms with van der Waals surface area (Å²) >= 11 is 6.48. The predicted octanol–water partition coefficient (Wildman–Crippen LogP) is 6.40. The maximum Gasteiger partial charge on any atom is 0.270 e. The van der Waals surface area contributed by atoms with Gasteiger partial charge in [0.2, 0.25) is 0 Å². The summed E-state index contributed by atoms with van der Waals surface area (Å²) in [4.78, 5) is 20.8. The smallest absolute Gasteiger partial charge is 0.270 e. The Morgan fingerprint density at radius 1 is 1.20 bits per heavy atom. The van der Waals surface area contributed by atoms with Gasteiger partial charge in [0, 0.05) is 12.2 Å². The molecule has 30 heavy (non-hydrogen) atoms. The summed E-state index contributed by atoms with van der Waals surface area (Å²) in [6.07, 6.45) is 0. The van der Waals surface area contributed by atoms with Crippen molar-refractivity contribution >= 4 is 59.9 Å². The number of anilines is 1. The molecule has 3 aromatic heterocycles. The summed E-state index contributed by atoms with van der Waals surface area (Å²) in [5, 5.41) is 5.28. The first kappa shape index (κ1) is 21.2. The first-order valence-electron chi connectivity index (χ1n) is 9.81. The number of aryl methyl sites for hydroxylation is 2. The summed E-state index contributed by atoms with van der Waals surface area (Å²) in [7, 11) is 0. The van der Waals surface area contributed by atoms with Crippen LogP contribution in [0.1, 0.15) is 46.4 Å². The van der Waals surface area contributed by atoms with Crippen molar-refractivity contribution in [1.82, 2.24) is 14.8 Å². The molecular formula is C22H23BrN4OS2. The van der Waals surface area contributed by atoms with Crippen LogP contribution in [-0.2, 0) is 6.54 Å². The molecule has 0 aliphatic rings. The van der Waals surface area contributed by atoms with E-state index < -0.39 is 0 Å². The van der Waals surface area contributed by atoms with Crippen LogP contribution >= 0.6 is 38.6 Å². The van der Waals surface area contributed by atoms with Gasteiger partial charge in [0.15, 0.2) is 5.13 Å². The van der Waals surface area contributed by atoms with E-state index in [9.17, 15) is 4.79 Å². The minimum Gasteiger partial charge on any atom is -0.281 e. The molecule has 0 aliphatic heterocycles. The largest absolute Gasteiger partial charge is 0.281 e. The summed E-state index contributed by atoms with van der Waals surface area (Å²) in [6, 6.07) is 12.1. The highest BCUT2D eigenvalue weighted by atomic mass is 79.9. The molecule has 0 saturated heterocycles. The lowest BCUT2D eigenvalue weighted by Crippen LogP contribution is -2.33. The van der Waals surface area contributed by atoms with Gasteiger partial charge in [-0.1, -0.05) is 37.3 Å². The molecule has 1 amide bonds. The van der Waals surface area contributed by atoms with Crippen molar-refractivity contribution in [3.05, 3.63) is 62.0 Å². The third kappa shape index (κ3) is 4.22. The number of thiophene rings is 1. The first-order valence-corrected chi connectivity index (χ1v) is 12.2. The van der Waals surface area contributed by atoms with E-state index in [1.165, 1.54) is 16.9 Å². The standard InChI is InChI=1S/C22H23BrN4OS2/c1-13(2)16-6-5-7-17-20(16)24-22(30-17)26(21(28)18-8-9-19(23)29-18)10-11-27-15(4)12-14(3)25-27/h5-9,12-13H,10-11H2,1-4H3. The fourth-order valence-corrected chi connectivity index (χ4v) is 5.84. The van der Waals surface area contributed by atoms with Gasteiger partial charge in [-0.15, -0.1) is 11.3 Å². The monoisotopic (exact) mass is 502 g/mol. The minimum atomic E-state index is -0.0302. The highest BCUT2D eigenvalue weighted by Crippen LogP contribution is 2.35. The summed E-state index contributed by atoms with van der Waals surface area (Å²) < 4.78 is 4.00. The molecule has 4 rings (SSSR count). The molecule has 0 spiro atoms. The number of rotatable bonds is 6. The van der Waals surface area contributed by atoms with Gasteiger partial charge in [-0.25, -0.2) is 4.98 Å². The molecule has 1 aromatic carbocycles. The van der Waals surface area contributed by atoms with Gasteiger partial charge in [0.05, 0.1) is 31.1 Å². The molecule has 0 bridgehead atoms. The SMILES string of the molecule is Cc1cc(C)n(CCN(C(=O)c2ccc(Br)s2)c2nc3c(C(C)C)cccc3s2)n1. The van der Waals surface area contributed by atoms with Crippen LogP contribution in [0.4, 0.5) is 5.13 Å². The van der Waals surface area contributed by atoms with E-state index in [2.05, 4.69) is 59.1 Å². The number of thiazole rings is 1. The normalized spacial score (nSPS) is 11.5. The molecule has 0 unspecified atom stereocenters. The van der Waals surface area contributed by atoms with Crippen LogP contribution in [0.25, 0.3) is 10.2 Å². The molecule has 8 heteroatoms. The summed E-state index contributed by atoms with van der Waals surface area (Å²) in [5.74, 6) is 0.341. The van der Waals surface area contributed by atoms with Crippen LogP contribution in [0.5, 0.6) is 0 Å². The van der Waals surface area contributed by atoms with E-state index in [4.69, 9.17) is 4.98 Å². The van der Waals surface area contributed by atoms with Crippen LogP contribution in [0.2, 0.25) is 0 Å². The van der Waals surface area contributed by atoms with Crippen molar-refractivity contribution in [3.63, 3.8) is 0 Å². The van der Waals surface area contributed by atoms with E-state index in [0.717, 1.165) is 30.5 Å². The molecule has 4 aromatic rings. The molecule has 156 valence electrons. The molecule has 3 heterocycles. The molecule has 0 radical (unpaired) electrons. The lowest BCUT2D eigenvalue weighted by Gasteiger charge is -2.19. The Morgan fingerprint density at radius 3 is 2.63 bits per heavy atom. The van der Waals surface area contributed by atoms with Crippen molar-refractivity contribution in [2.24, 2.45) is 0 Å². The number of amides is 1. The summed E-state index contributed by atoms with van der Waals surface area (Å²) in [5.41, 5.74) is 4.27. The zero-order chi connectivity index (χ0) is 21.4. The zero-order valence-electron chi connectivity index (χ0n) is 17.3. The predicted molar refractivity (Wildman–Crippen MR) is 129 cm³/mol. The van der Waals surface area contributed by atoms with E-state index in [1.54, 1.807) is 16.2 Å². The van der Waals surface area contributed by atoms with Gasteiger partial charge in [-0.3, -0.25) is 14.4 Å². The van der Waals surface area contributed by atoms with Crippen LogP contribution < -0.4 is 4.90 Å². The number of carbonyl (C=O) groups is 1. The maximum atomic E-state index is 13.4. The number of nitrogens with zero attached hydrogens (tertiary/aromatic N) is 4. The molecule has 5 nitrogen and oxygen atoms in total. The Kier molecular flexibility index (Phi) is 6.09.